The second-order valence-electron chi connectivity index (χ2n) is 4.28. The second kappa shape index (κ2) is 5.99. The van der Waals surface area contributed by atoms with Gasteiger partial charge in [-0.05, 0) is 24.5 Å². The number of aryl methyl sites for hydroxylation is 1. The third-order valence-electron chi connectivity index (χ3n) is 3.04. The lowest BCUT2D eigenvalue weighted by molar-refractivity contribution is 0.662. The summed E-state index contributed by atoms with van der Waals surface area (Å²) in [5.41, 5.74) is 9.09. The van der Waals surface area contributed by atoms with Crippen LogP contribution in [0.2, 0.25) is 0 Å². The van der Waals surface area contributed by atoms with E-state index < -0.39 is 0 Å². The predicted octanol–water partition coefficient (Wildman–Crippen LogP) is 2.71. The lowest BCUT2D eigenvalue weighted by atomic mass is 10.0. The average Bonchev–Trinajstić information content (AvgIpc) is 2.33. The zero-order chi connectivity index (χ0) is 11.4. The molecule has 2 N–H and O–H groups in total. The number of nitrogens with two attached hydrogens (primary N) is 1. The van der Waals surface area contributed by atoms with Crippen LogP contribution in [0.4, 0.5) is 0 Å². The van der Waals surface area contributed by atoms with Gasteiger partial charge < -0.3 is 5.73 Å². The molecule has 0 aromatic heterocycles. The van der Waals surface area contributed by atoms with E-state index in [2.05, 4.69) is 43.0 Å². The monoisotopic (exact) mass is 253 g/mol. The Bertz CT molecular complexity index is 334. The maximum atomic E-state index is 6.32. The van der Waals surface area contributed by atoms with Crippen LogP contribution in [-0.4, -0.2) is 28.6 Å². The van der Waals surface area contributed by atoms with Crippen LogP contribution in [0.3, 0.4) is 0 Å². The third kappa shape index (κ3) is 3.19. The molecule has 1 saturated heterocycles. The van der Waals surface area contributed by atoms with E-state index in [-0.39, 0.29) is 0 Å². The Labute approximate surface area is 107 Å². The van der Waals surface area contributed by atoms with Crippen molar-refractivity contribution in [2.24, 2.45) is 5.73 Å². The molecule has 2 unspecified atom stereocenters. The van der Waals surface area contributed by atoms with Gasteiger partial charge in [-0.25, -0.2) is 0 Å². The van der Waals surface area contributed by atoms with Gasteiger partial charge in [0.1, 0.15) is 0 Å². The molecule has 1 aliphatic rings. The van der Waals surface area contributed by atoms with Crippen molar-refractivity contribution in [1.29, 1.82) is 0 Å². The van der Waals surface area contributed by atoms with Crippen LogP contribution in [0.25, 0.3) is 0 Å². The van der Waals surface area contributed by atoms with Gasteiger partial charge in [-0.3, -0.25) is 0 Å². The molecule has 0 radical (unpaired) electrons. The Morgan fingerprint density at radius 2 is 2.19 bits per heavy atom. The molecule has 2 rings (SSSR count). The second-order valence-corrected chi connectivity index (χ2v) is 6.78. The van der Waals surface area contributed by atoms with Gasteiger partial charge in [0, 0.05) is 28.6 Å². The standard InChI is InChI=1S/C13H19NS2/c1-10-4-2-3-5-11(10)8-12(14)13-9-15-6-7-16-13/h2-5,12-13H,6-9,14H2,1H3. The van der Waals surface area contributed by atoms with Gasteiger partial charge in [0.2, 0.25) is 0 Å². The van der Waals surface area contributed by atoms with Crippen LogP contribution in [0, 0.1) is 6.92 Å². The zero-order valence-electron chi connectivity index (χ0n) is 9.69. The highest BCUT2D eigenvalue weighted by Gasteiger charge is 2.21. The lowest BCUT2D eigenvalue weighted by Crippen LogP contribution is -2.38. The zero-order valence-corrected chi connectivity index (χ0v) is 11.3. The molecule has 0 spiro atoms. The van der Waals surface area contributed by atoms with E-state index in [0.717, 1.165) is 6.42 Å². The summed E-state index contributed by atoms with van der Waals surface area (Å²) in [6, 6.07) is 8.88. The minimum atomic E-state index is 0.305. The van der Waals surface area contributed by atoms with Gasteiger partial charge in [0.05, 0.1) is 0 Å². The van der Waals surface area contributed by atoms with Crippen molar-refractivity contribution in [2.45, 2.75) is 24.6 Å². The van der Waals surface area contributed by atoms with E-state index in [4.69, 9.17) is 5.73 Å². The van der Waals surface area contributed by atoms with Crippen molar-refractivity contribution in [1.82, 2.24) is 0 Å². The molecule has 1 nitrogen and oxygen atoms in total. The maximum Gasteiger partial charge on any atom is 0.0293 e. The number of hydrogen-bond acceptors (Lipinski definition) is 3. The van der Waals surface area contributed by atoms with Crippen molar-refractivity contribution in [3.8, 4) is 0 Å². The van der Waals surface area contributed by atoms with Crippen molar-refractivity contribution in [3.63, 3.8) is 0 Å². The molecule has 1 heterocycles. The molecule has 0 saturated carbocycles. The minimum Gasteiger partial charge on any atom is -0.326 e. The molecule has 0 bridgehead atoms. The van der Waals surface area contributed by atoms with Crippen LogP contribution >= 0.6 is 23.5 Å². The van der Waals surface area contributed by atoms with E-state index in [1.54, 1.807) is 0 Å². The van der Waals surface area contributed by atoms with Crippen LogP contribution in [-0.2, 0) is 6.42 Å². The Morgan fingerprint density at radius 1 is 1.38 bits per heavy atom. The molecular weight excluding hydrogens is 234 g/mol. The maximum absolute atomic E-state index is 6.32. The van der Waals surface area contributed by atoms with E-state index >= 15 is 0 Å². The van der Waals surface area contributed by atoms with Gasteiger partial charge in [-0.2, -0.15) is 23.5 Å². The highest BCUT2D eigenvalue weighted by Crippen LogP contribution is 2.27. The van der Waals surface area contributed by atoms with E-state index in [0.29, 0.717) is 11.3 Å². The van der Waals surface area contributed by atoms with Gasteiger partial charge in [-0.15, -0.1) is 0 Å². The van der Waals surface area contributed by atoms with Crippen molar-refractivity contribution in [3.05, 3.63) is 35.4 Å². The molecule has 0 amide bonds. The molecule has 2 atom stereocenters. The van der Waals surface area contributed by atoms with Crippen LogP contribution < -0.4 is 5.73 Å². The summed E-state index contributed by atoms with van der Waals surface area (Å²) in [5.74, 6) is 3.77. The summed E-state index contributed by atoms with van der Waals surface area (Å²) in [6.45, 7) is 2.17. The first-order valence-corrected chi connectivity index (χ1v) is 7.97. The number of thioether (sulfide) groups is 2. The Kier molecular flexibility index (Phi) is 4.62. The predicted molar refractivity (Wildman–Crippen MR) is 76.4 cm³/mol. The quantitative estimate of drug-likeness (QED) is 0.897. The van der Waals surface area contributed by atoms with Crippen molar-refractivity contribution < 1.29 is 0 Å². The fourth-order valence-electron chi connectivity index (χ4n) is 1.98. The average molecular weight is 253 g/mol. The molecular formula is C13H19NS2. The fraction of sp³-hybridized carbons (Fsp3) is 0.538. The molecule has 1 aromatic rings. The molecule has 0 aliphatic carbocycles. The molecule has 1 aromatic carbocycles. The van der Waals surface area contributed by atoms with Gasteiger partial charge in [-0.1, -0.05) is 24.3 Å². The minimum absolute atomic E-state index is 0.305. The van der Waals surface area contributed by atoms with Gasteiger partial charge >= 0.3 is 0 Å². The fourth-order valence-corrected chi connectivity index (χ4v) is 4.80. The molecule has 1 fully saturated rings. The first kappa shape index (κ1) is 12.3. The van der Waals surface area contributed by atoms with Crippen LogP contribution in [0.15, 0.2) is 24.3 Å². The smallest absolute Gasteiger partial charge is 0.0293 e. The molecule has 88 valence electrons. The van der Waals surface area contributed by atoms with Crippen molar-refractivity contribution in [2.75, 3.05) is 17.3 Å². The Morgan fingerprint density at radius 3 is 2.88 bits per heavy atom. The summed E-state index contributed by atoms with van der Waals surface area (Å²) in [6.07, 6.45) is 1.02. The Balaban J connectivity index is 1.96. The van der Waals surface area contributed by atoms with Crippen LogP contribution in [0.1, 0.15) is 11.1 Å². The van der Waals surface area contributed by atoms with E-state index in [9.17, 15) is 0 Å². The topological polar surface area (TPSA) is 26.0 Å². The summed E-state index contributed by atoms with van der Waals surface area (Å²) < 4.78 is 0. The highest BCUT2D eigenvalue weighted by molar-refractivity contribution is 8.06. The Hall–Kier alpha value is -0.120. The largest absolute Gasteiger partial charge is 0.326 e. The SMILES string of the molecule is Cc1ccccc1CC(N)C1CSCCS1. The van der Waals surface area contributed by atoms with E-state index in [1.807, 2.05) is 11.8 Å². The third-order valence-corrected chi connectivity index (χ3v) is 5.98. The number of hydrogen-bond donors (Lipinski definition) is 1. The highest BCUT2D eigenvalue weighted by atomic mass is 32.2. The molecule has 3 heteroatoms. The number of rotatable bonds is 3. The first-order chi connectivity index (χ1) is 7.77. The molecule has 1 aliphatic heterocycles. The van der Waals surface area contributed by atoms with Crippen molar-refractivity contribution >= 4 is 23.5 Å². The van der Waals surface area contributed by atoms with Crippen LogP contribution in [0.5, 0.6) is 0 Å². The summed E-state index contributed by atoms with van der Waals surface area (Å²) in [4.78, 5) is 0. The lowest BCUT2D eigenvalue weighted by Gasteiger charge is -2.27. The first-order valence-electron chi connectivity index (χ1n) is 5.77. The van der Waals surface area contributed by atoms with E-state index in [1.165, 1.54) is 28.4 Å². The molecule has 16 heavy (non-hydrogen) atoms. The van der Waals surface area contributed by atoms with Gasteiger partial charge in [0.15, 0.2) is 0 Å². The number of benzene rings is 1. The summed E-state index contributed by atoms with van der Waals surface area (Å²) in [7, 11) is 0. The van der Waals surface area contributed by atoms with Gasteiger partial charge in [0.25, 0.3) is 0 Å². The summed E-state index contributed by atoms with van der Waals surface area (Å²) in [5, 5.41) is 0.637. The normalized spacial score (nSPS) is 23.0. The summed E-state index contributed by atoms with van der Waals surface area (Å²) >= 11 is 4.10.